The molecule has 0 spiro atoms. The Kier molecular flexibility index (Phi) is 4.57. The molecule has 2 fully saturated rings. The molecule has 0 bridgehead atoms. The van der Waals surface area contributed by atoms with Crippen LogP contribution in [0.1, 0.15) is 44.2 Å². The molecule has 1 saturated heterocycles. The van der Waals surface area contributed by atoms with Gasteiger partial charge in [0.1, 0.15) is 17.4 Å². The lowest BCUT2D eigenvalue weighted by Crippen LogP contribution is -2.56. The van der Waals surface area contributed by atoms with Gasteiger partial charge in [0.25, 0.3) is 0 Å². The Morgan fingerprint density at radius 1 is 1.28 bits per heavy atom. The van der Waals surface area contributed by atoms with Crippen molar-refractivity contribution in [2.75, 3.05) is 31.5 Å². The van der Waals surface area contributed by atoms with Crippen LogP contribution in [0.2, 0.25) is 0 Å². The molecule has 1 atom stereocenters. The van der Waals surface area contributed by atoms with Crippen LogP contribution < -0.4 is 10.6 Å². The lowest BCUT2D eigenvalue weighted by atomic mass is 9.88. The standard InChI is InChI=1S/C22H30N6O/c1-16-13-17-18(27-16)19(26-15-25-17)24-14-21(7-8-21)9-10-23-20(29)22-5-2-3-11-28(22)12-4-6-22/h2-3,13,15,27H,4-12,14H2,1H3,(H,23,29)(H,24,25,26). The molecule has 5 rings (SSSR count). The predicted molar refractivity (Wildman–Crippen MR) is 114 cm³/mol. The minimum absolute atomic E-state index is 0.225. The number of hydrogen-bond donors (Lipinski definition) is 3. The van der Waals surface area contributed by atoms with Gasteiger partial charge in [0.15, 0.2) is 5.82 Å². The third kappa shape index (κ3) is 3.41. The summed E-state index contributed by atoms with van der Waals surface area (Å²) in [5.41, 5.74) is 2.98. The number of rotatable bonds is 7. The number of anilines is 1. The summed E-state index contributed by atoms with van der Waals surface area (Å²) in [5.74, 6) is 1.09. The molecule has 2 aromatic rings. The Balaban J connectivity index is 1.16. The number of carbonyl (C=O) groups is 1. The largest absolute Gasteiger partial charge is 0.368 e. The number of fused-ring (bicyclic) bond motifs is 2. The number of nitrogens with zero attached hydrogens (tertiary/aromatic N) is 3. The second kappa shape index (κ2) is 7.13. The van der Waals surface area contributed by atoms with Crippen LogP contribution >= 0.6 is 0 Å². The van der Waals surface area contributed by atoms with E-state index >= 15 is 0 Å². The Bertz CT molecular complexity index is 946. The van der Waals surface area contributed by atoms with E-state index in [1.54, 1.807) is 6.33 Å². The highest BCUT2D eigenvalue weighted by atomic mass is 16.2. The molecule has 2 aromatic heterocycles. The van der Waals surface area contributed by atoms with E-state index < -0.39 is 0 Å². The third-order valence-electron chi connectivity index (χ3n) is 7.08. The minimum atomic E-state index is -0.290. The SMILES string of the molecule is Cc1cc2ncnc(NCC3(CCNC(=O)C45CC=CCN4CCC5)CC3)c2[nH]1. The molecule has 7 nitrogen and oxygen atoms in total. The van der Waals surface area contributed by atoms with Crippen molar-refractivity contribution in [2.24, 2.45) is 5.41 Å². The Hall–Kier alpha value is -2.41. The van der Waals surface area contributed by atoms with Crippen molar-refractivity contribution >= 4 is 22.8 Å². The first kappa shape index (κ1) is 18.6. The first-order valence-electron chi connectivity index (χ1n) is 10.8. The molecule has 3 aliphatic rings. The quantitative estimate of drug-likeness (QED) is 0.629. The maximum atomic E-state index is 13.0. The third-order valence-corrected chi connectivity index (χ3v) is 7.08. The van der Waals surface area contributed by atoms with E-state index in [9.17, 15) is 4.79 Å². The average molecular weight is 395 g/mol. The second-order valence-corrected chi connectivity index (χ2v) is 9.05. The van der Waals surface area contributed by atoms with E-state index in [0.29, 0.717) is 0 Å². The molecule has 0 aromatic carbocycles. The summed E-state index contributed by atoms with van der Waals surface area (Å²) in [4.78, 5) is 27.5. The van der Waals surface area contributed by atoms with Crippen molar-refractivity contribution in [3.05, 3.63) is 30.2 Å². The summed E-state index contributed by atoms with van der Waals surface area (Å²) in [6, 6.07) is 2.04. The fourth-order valence-corrected chi connectivity index (χ4v) is 5.03. The van der Waals surface area contributed by atoms with Gasteiger partial charge in [-0.3, -0.25) is 9.69 Å². The lowest BCUT2D eigenvalue weighted by molar-refractivity contribution is -0.131. The van der Waals surface area contributed by atoms with Gasteiger partial charge in [-0.25, -0.2) is 9.97 Å². The van der Waals surface area contributed by atoms with Gasteiger partial charge in [0.05, 0.1) is 5.52 Å². The van der Waals surface area contributed by atoms with E-state index in [1.165, 1.54) is 12.8 Å². The molecule has 7 heteroatoms. The van der Waals surface area contributed by atoms with Crippen LogP contribution in [0.3, 0.4) is 0 Å². The molecule has 29 heavy (non-hydrogen) atoms. The molecular weight excluding hydrogens is 364 g/mol. The van der Waals surface area contributed by atoms with E-state index in [4.69, 9.17) is 0 Å². The van der Waals surface area contributed by atoms with E-state index in [1.807, 2.05) is 13.0 Å². The minimum Gasteiger partial charge on any atom is -0.368 e. The fourth-order valence-electron chi connectivity index (χ4n) is 5.03. The molecule has 154 valence electrons. The molecule has 1 amide bonds. The molecule has 2 aliphatic heterocycles. The van der Waals surface area contributed by atoms with Crippen molar-refractivity contribution in [2.45, 2.75) is 51.0 Å². The van der Waals surface area contributed by atoms with Crippen LogP contribution in [0.4, 0.5) is 5.82 Å². The van der Waals surface area contributed by atoms with Crippen molar-refractivity contribution in [1.29, 1.82) is 0 Å². The summed E-state index contributed by atoms with van der Waals surface area (Å²) in [6.45, 7) is 5.61. The smallest absolute Gasteiger partial charge is 0.240 e. The molecule has 1 aliphatic carbocycles. The van der Waals surface area contributed by atoms with Crippen LogP contribution in [-0.4, -0.2) is 57.5 Å². The van der Waals surface area contributed by atoms with Gasteiger partial charge in [-0.2, -0.15) is 0 Å². The van der Waals surface area contributed by atoms with Crippen molar-refractivity contribution in [1.82, 2.24) is 25.2 Å². The van der Waals surface area contributed by atoms with Crippen LogP contribution in [0.5, 0.6) is 0 Å². The molecule has 3 N–H and O–H groups in total. The van der Waals surface area contributed by atoms with E-state index in [2.05, 4.69) is 42.6 Å². The Morgan fingerprint density at radius 3 is 3.03 bits per heavy atom. The maximum Gasteiger partial charge on any atom is 0.240 e. The van der Waals surface area contributed by atoms with Gasteiger partial charge in [-0.05, 0) is 63.5 Å². The van der Waals surface area contributed by atoms with Crippen molar-refractivity contribution in [3.8, 4) is 0 Å². The highest BCUT2D eigenvalue weighted by molar-refractivity contribution is 5.87. The van der Waals surface area contributed by atoms with Gasteiger partial charge in [-0.1, -0.05) is 12.2 Å². The highest BCUT2D eigenvalue weighted by Gasteiger charge is 2.47. The Morgan fingerprint density at radius 2 is 2.17 bits per heavy atom. The maximum absolute atomic E-state index is 13.0. The molecule has 1 saturated carbocycles. The van der Waals surface area contributed by atoms with Crippen LogP contribution in [0.15, 0.2) is 24.5 Å². The number of nitrogens with one attached hydrogen (secondary N) is 3. The summed E-state index contributed by atoms with van der Waals surface area (Å²) in [7, 11) is 0. The first-order valence-corrected chi connectivity index (χ1v) is 10.8. The predicted octanol–water partition coefficient (Wildman–Crippen LogP) is 2.76. The zero-order chi connectivity index (χ0) is 19.9. The zero-order valence-corrected chi connectivity index (χ0v) is 17.1. The van der Waals surface area contributed by atoms with Crippen LogP contribution in [-0.2, 0) is 4.79 Å². The first-order chi connectivity index (χ1) is 14.1. The van der Waals surface area contributed by atoms with E-state index in [0.717, 1.165) is 74.4 Å². The number of aryl methyl sites for hydroxylation is 1. The fraction of sp³-hybridized carbons (Fsp3) is 0.591. The summed E-state index contributed by atoms with van der Waals surface area (Å²) in [6.07, 6.45) is 12.4. The van der Waals surface area contributed by atoms with Crippen LogP contribution in [0, 0.1) is 12.3 Å². The van der Waals surface area contributed by atoms with Gasteiger partial charge in [-0.15, -0.1) is 0 Å². The second-order valence-electron chi connectivity index (χ2n) is 9.05. The molecule has 0 radical (unpaired) electrons. The summed E-state index contributed by atoms with van der Waals surface area (Å²) >= 11 is 0. The molecule has 1 unspecified atom stereocenters. The van der Waals surface area contributed by atoms with E-state index in [-0.39, 0.29) is 16.9 Å². The van der Waals surface area contributed by atoms with Gasteiger partial charge in [0.2, 0.25) is 5.91 Å². The molecule has 4 heterocycles. The average Bonchev–Trinajstić information content (AvgIpc) is 3.17. The topological polar surface area (TPSA) is 85.9 Å². The highest BCUT2D eigenvalue weighted by Crippen LogP contribution is 2.48. The van der Waals surface area contributed by atoms with Gasteiger partial charge in [0, 0.05) is 25.3 Å². The number of aromatic nitrogens is 3. The van der Waals surface area contributed by atoms with Crippen molar-refractivity contribution in [3.63, 3.8) is 0 Å². The number of H-pyrrole nitrogens is 1. The zero-order valence-electron chi connectivity index (χ0n) is 17.1. The lowest BCUT2D eigenvalue weighted by Gasteiger charge is -2.38. The summed E-state index contributed by atoms with van der Waals surface area (Å²) < 4.78 is 0. The van der Waals surface area contributed by atoms with Crippen LogP contribution in [0.25, 0.3) is 11.0 Å². The normalized spacial score (nSPS) is 25.1. The summed E-state index contributed by atoms with van der Waals surface area (Å²) in [5, 5.41) is 6.80. The molecular formula is C22H30N6O. The monoisotopic (exact) mass is 394 g/mol. The number of amides is 1. The number of hydrogen-bond acceptors (Lipinski definition) is 5. The number of carbonyl (C=O) groups excluding carboxylic acids is 1. The number of aromatic amines is 1. The van der Waals surface area contributed by atoms with Gasteiger partial charge < -0.3 is 15.6 Å². The van der Waals surface area contributed by atoms with Gasteiger partial charge >= 0.3 is 0 Å². The Labute approximate surface area is 171 Å². The van der Waals surface area contributed by atoms with Crippen molar-refractivity contribution < 1.29 is 4.79 Å².